The van der Waals surface area contributed by atoms with Gasteiger partial charge in [0.1, 0.15) is 12.4 Å². The van der Waals surface area contributed by atoms with E-state index in [2.05, 4.69) is 10.4 Å². The Hall–Kier alpha value is -3.46. The quantitative estimate of drug-likeness (QED) is 0.528. The third-order valence-corrected chi connectivity index (χ3v) is 4.82. The number of carbonyl (C=O) groups is 1. The number of carbonyl (C=O) groups excluding carboxylic acids is 1. The summed E-state index contributed by atoms with van der Waals surface area (Å²) in [5.41, 5.74) is -0.270. The first-order valence-corrected chi connectivity index (χ1v) is 9.64. The molecule has 2 aromatic carbocycles. The highest BCUT2D eigenvalue weighted by Crippen LogP contribution is 2.17. The number of benzene rings is 2. The van der Waals surface area contributed by atoms with Gasteiger partial charge >= 0.3 is 5.69 Å². The molecule has 2 heterocycles. The van der Waals surface area contributed by atoms with Crippen LogP contribution in [-0.4, -0.2) is 24.7 Å². The summed E-state index contributed by atoms with van der Waals surface area (Å²) in [6.07, 6.45) is 0.642. The Labute approximate surface area is 174 Å². The Morgan fingerprint density at radius 1 is 1.20 bits per heavy atom. The fraction of sp³-hybridized carbons (Fsp3) is 0.200. The number of halogens is 2. The van der Waals surface area contributed by atoms with E-state index in [1.54, 1.807) is 12.1 Å². The molecule has 2 aromatic heterocycles. The Balaban J connectivity index is 1.82. The predicted molar refractivity (Wildman–Crippen MR) is 112 cm³/mol. The third kappa shape index (κ3) is 3.48. The van der Waals surface area contributed by atoms with Gasteiger partial charge in [-0.2, -0.15) is 0 Å². The molecule has 4 rings (SSSR count). The average molecular weight is 430 g/mol. The van der Waals surface area contributed by atoms with Gasteiger partial charge in [0, 0.05) is 17.3 Å². The largest absolute Gasteiger partial charge is 0.352 e. The molecule has 8 nitrogen and oxygen atoms in total. The molecule has 30 heavy (non-hydrogen) atoms. The zero-order valence-corrected chi connectivity index (χ0v) is 16.7. The summed E-state index contributed by atoms with van der Waals surface area (Å²) in [6.45, 7) is 1.84. The maximum absolute atomic E-state index is 13.3. The number of hydrogen-bond donors (Lipinski definition) is 1. The van der Waals surface area contributed by atoms with Crippen molar-refractivity contribution in [2.45, 2.75) is 26.4 Å². The summed E-state index contributed by atoms with van der Waals surface area (Å²) < 4.78 is 17.0. The maximum atomic E-state index is 13.3. The van der Waals surface area contributed by atoms with E-state index in [1.165, 1.54) is 39.3 Å². The van der Waals surface area contributed by atoms with Crippen molar-refractivity contribution in [3.63, 3.8) is 0 Å². The predicted octanol–water partition coefficient (Wildman–Crippen LogP) is 2.65. The van der Waals surface area contributed by atoms with E-state index in [-0.39, 0.29) is 22.4 Å². The molecular formula is C20H17ClFN5O3. The molecule has 0 saturated heterocycles. The van der Waals surface area contributed by atoms with Crippen LogP contribution in [-0.2, 0) is 17.9 Å². The normalized spacial score (nSPS) is 11.3. The number of fused-ring (bicyclic) bond motifs is 3. The molecule has 1 N–H and O–H groups in total. The van der Waals surface area contributed by atoms with E-state index in [0.29, 0.717) is 23.5 Å². The molecule has 0 atom stereocenters. The molecule has 0 fully saturated rings. The SMILES string of the molecule is CCCn1c(=O)c2cc(Cl)ccc2n2c(=O)n(CC(=O)Nc3cccc(F)c3)nc12. The molecule has 0 aliphatic rings. The van der Waals surface area contributed by atoms with Crippen LogP contribution < -0.4 is 16.6 Å². The third-order valence-electron chi connectivity index (χ3n) is 4.59. The number of hydrogen-bond acceptors (Lipinski definition) is 4. The molecule has 0 spiro atoms. The fourth-order valence-electron chi connectivity index (χ4n) is 3.32. The van der Waals surface area contributed by atoms with Crippen LogP contribution in [0.25, 0.3) is 16.7 Å². The van der Waals surface area contributed by atoms with Gasteiger partial charge in [-0.15, -0.1) is 5.10 Å². The smallest absolute Gasteiger partial charge is 0.324 e. The van der Waals surface area contributed by atoms with Crippen molar-refractivity contribution in [1.82, 2.24) is 18.7 Å². The van der Waals surface area contributed by atoms with Crippen LogP contribution in [0.15, 0.2) is 52.1 Å². The minimum absolute atomic E-state index is 0.139. The Morgan fingerprint density at radius 2 is 2.00 bits per heavy atom. The van der Waals surface area contributed by atoms with Crippen LogP contribution in [0.5, 0.6) is 0 Å². The second kappa shape index (κ2) is 7.75. The van der Waals surface area contributed by atoms with Crippen LogP contribution >= 0.6 is 11.6 Å². The van der Waals surface area contributed by atoms with Crippen LogP contribution in [0.2, 0.25) is 5.02 Å². The van der Waals surface area contributed by atoms with E-state index in [0.717, 1.165) is 4.68 Å². The Morgan fingerprint density at radius 3 is 2.73 bits per heavy atom. The summed E-state index contributed by atoms with van der Waals surface area (Å²) in [5, 5.41) is 7.41. The van der Waals surface area contributed by atoms with Crippen LogP contribution in [0, 0.1) is 5.82 Å². The van der Waals surface area contributed by atoms with Crippen molar-refractivity contribution in [1.29, 1.82) is 0 Å². The highest BCUT2D eigenvalue weighted by molar-refractivity contribution is 6.31. The number of anilines is 1. The van der Waals surface area contributed by atoms with Gasteiger partial charge in [-0.1, -0.05) is 24.6 Å². The first-order chi connectivity index (χ1) is 14.4. The van der Waals surface area contributed by atoms with E-state index in [1.807, 2.05) is 6.92 Å². The monoisotopic (exact) mass is 429 g/mol. The number of rotatable bonds is 5. The van der Waals surface area contributed by atoms with E-state index < -0.39 is 24.0 Å². The lowest BCUT2D eigenvalue weighted by Crippen LogP contribution is -2.29. The Bertz CT molecular complexity index is 1410. The molecule has 154 valence electrons. The lowest BCUT2D eigenvalue weighted by molar-refractivity contribution is -0.117. The molecule has 1 amide bonds. The molecule has 0 unspecified atom stereocenters. The van der Waals surface area contributed by atoms with Crippen LogP contribution in [0.4, 0.5) is 10.1 Å². The highest BCUT2D eigenvalue weighted by atomic mass is 35.5. The van der Waals surface area contributed by atoms with Gasteiger partial charge in [-0.3, -0.25) is 14.2 Å². The van der Waals surface area contributed by atoms with Gasteiger partial charge in [-0.05, 0) is 42.8 Å². The molecule has 10 heteroatoms. The first-order valence-electron chi connectivity index (χ1n) is 9.26. The minimum Gasteiger partial charge on any atom is -0.324 e. The van der Waals surface area contributed by atoms with Crippen LogP contribution in [0.3, 0.4) is 0 Å². The molecule has 0 aliphatic carbocycles. The number of nitrogens with one attached hydrogen (secondary N) is 1. The van der Waals surface area contributed by atoms with Crippen molar-refractivity contribution in [2.24, 2.45) is 0 Å². The van der Waals surface area contributed by atoms with Gasteiger partial charge in [0.2, 0.25) is 11.7 Å². The molecular weight excluding hydrogens is 413 g/mol. The van der Waals surface area contributed by atoms with Crippen molar-refractivity contribution < 1.29 is 9.18 Å². The standard InChI is InChI=1S/C20H17ClFN5O3/c1-2-8-25-18(29)15-9-12(21)6-7-16(15)27-19(25)24-26(20(27)30)11-17(28)23-14-5-3-4-13(22)10-14/h3-7,9-10H,2,8,11H2,1H3,(H,23,28). The van der Waals surface area contributed by atoms with Gasteiger partial charge in [0.15, 0.2) is 0 Å². The number of amides is 1. The molecule has 4 aromatic rings. The van der Waals surface area contributed by atoms with Crippen molar-refractivity contribution in [2.75, 3.05) is 5.32 Å². The zero-order valence-electron chi connectivity index (χ0n) is 15.9. The van der Waals surface area contributed by atoms with Gasteiger partial charge < -0.3 is 5.32 Å². The first kappa shape index (κ1) is 19.8. The van der Waals surface area contributed by atoms with Crippen molar-refractivity contribution >= 4 is 39.9 Å². The average Bonchev–Trinajstić information content (AvgIpc) is 3.01. The van der Waals surface area contributed by atoms with Crippen molar-refractivity contribution in [3.8, 4) is 0 Å². The van der Waals surface area contributed by atoms with Gasteiger partial charge in [-0.25, -0.2) is 18.3 Å². The number of aromatic nitrogens is 4. The summed E-state index contributed by atoms with van der Waals surface area (Å²) >= 11 is 6.04. The Kier molecular flexibility index (Phi) is 5.13. The van der Waals surface area contributed by atoms with Gasteiger partial charge in [0.05, 0.1) is 10.9 Å². The zero-order chi connectivity index (χ0) is 21.4. The molecule has 0 radical (unpaired) electrons. The van der Waals surface area contributed by atoms with E-state index in [4.69, 9.17) is 11.6 Å². The fourth-order valence-corrected chi connectivity index (χ4v) is 3.50. The summed E-state index contributed by atoms with van der Waals surface area (Å²) in [5.74, 6) is -0.908. The highest BCUT2D eigenvalue weighted by Gasteiger charge is 2.18. The molecule has 0 bridgehead atoms. The van der Waals surface area contributed by atoms with Gasteiger partial charge in [0.25, 0.3) is 5.56 Å². The molecule has 0 saturated carbocycles. The lowest BCUT2D eigenvalue weighted by atomic mass is 10.2. The summed E-state index contributed by atoms with van der Waals surface area (Å²) in [4.78, 5) is 38.3. The second-order valence-corrected chi connectivity index (χ2v) is 7.19. The molecule has 0 aliphatic heterocycles. The number of nitrogens with zero attached hydrogens (tertiary/aromatic N) is 4. The van der Waals surface area contributed by atoms with Crippen LogP contribution in [0.1, 0.15) is 13.3 Å². The minimum atomic E-state index is -0.573. The van der Waals surface area contributed by atoms with E-state index in [9.17, 15) is 18.8 Å². The van der Waals surface area contributed by atoms with Crippen molar-refractivity contribution in [3.05, 3.63) is 74.1 Å². The van der Waals surface area contributed by atoms with E-state index >= 15 is 0 Å². The maximum Gasteiger partial charge on any atom is 0.352 e. The second-order valence-electron chi connectivity index (χ2n) is 6.75. The number of aryl methyl sites for hydroxylation is 1. The summed E-state index contributed by atoms with van der Waals surface area (Å²) in [7, 11) is 0. The lowest BCUT2D eigenvalue weighted by Gasteiger charge is -2.08. The topological polar surface area (TPSA) is 90.4 Å². The summed E-state index contributed by atoms with van der Waals surface area (Å²) in [6, 6.07) is 10.1.